The second-order valence-corrected chi connectivity index (χ2v) is 9.31. The number of hydrogen-bond acceptors (Lipinski definition) is 5. The number of hydrogen-bond donors (Lipinski definition) is 0. The number of alkyl halides is 3. The summed E-state index contributed by atoms with van der Waals surface area (Å²) in [7, 11) is 1.70. The minimum atomic E-state index is -4.32. The maximum absolute atomic E-state index is 13.0. The van der Waals surface area contributed by atoms with Crippen LogP contribution in [-0.4, -0.2) is 63.2 Å². The molecule has 0 amide bonds. The summed E-state index contributed by atoms with van der Waals surface area (Å²) in [4.78, 5) is 5.55. The maximum atomic E-state index is 13.0. The number of rotatable bonds is 7. The van der Waals surface area contributed by atoms with Crippen LogP contribution in [0.15, 0.2) is 47.4 Å². The summed E-state index contributed by atoms with van der Waals surface area (Å²) in [6, 6.07) is 11.8. The number of thioether (sulfide) groups is 1. The molecule has 4 nitrogen and oxygen atoms in total. The Balaban J connectivity index is 1.29. The summed E-state index contributed by atoms with van der Waals surface area (Å²) in [5.74, 6) is 2.06. The highest BCUT2D eigenvalue weighted by Gasteiger charge is 2.31. The van der Waals surface area contributed by atoms with E-state index in [0.29, 0.717) is 25.4 Å². The Labute approximate surface area is 191 Å². The number of nitrogens with zero attached hydrogens (tertiary/aromatic N) is 2. The zero-order valence-corrected chi connectivity index (χ0v) is 19.1. The average Bonchev–Trinajstić information content (AvgIpc) is 2.81. The van der Waals surface area contributed by atoms with Gasteiger partial charge in [-0.3, -0.25) is 4.90 Å². The summed E-state index contributed by atoms with van der Waals surface area (Å²) < 4.78 is 50.9. The third-order valence-corrected chi connectivity index (χ3v) is 7.27. The van der Waals surface area contributed by atoms with E-state index in [2.05, 4.69) is 17.0 Å². The molecule has 32 heavy (non-hydrogen) atoms. The number of halogens is 3. The van der Waals surface area contributed by atoms with Gasteiger partial charge >= 0.3 is 6.18 Å². The van der Waals surface area contributed by atoms with Gasteiger partial charge in [0.05, 0.1) is 10.5 Å². The van der Waals surface area contributed by atoms with Gasteiger partial charge in [-0.15, -0.1) is 11.8 Å². The van der Waals surface area contributed by atoms with Gasteiger partial charge in [-0.25, -0.2) is 0 Å². The number of anilines is 1. The van der Waals surface area contributed by atoms with Crippen molar-refractivity contribution in [3.63, 3.8) is 0 Å². The van der Waals surface area contributed by atoms with E-state index in [1.165, 1.54) is 29.0 Å². The normalized spacial score (nSPS) is 18.3. The van der Waals surface area contributed by atoms with Crippen LogP contribution in [0.4, 0.5) is 18.9 Å². The highest BCUT2D eigenvalue weighted by Crippen LogP contribution is 2.37. The molecule has 8 heteroatoms. The van der Waals surface area contributed by atoms with Gasteiger partial charge in [-0.1, -0.05) is 18.2 Å². The SMILES string of the molecule is COC(COc1cccc2c1SCCC2)CN1CCN(c2cccc(C(F)(F)F)c2)CC1. The van der Waals surface area contributed by atoms with E-state index < -0.39 is 11.7 Å². The molecule has 174 valence electrons. The Hall–Kier alpha value is -1.90. The van der Waals surface area contributed by atoms with Crippen LogP contribution in [0, 0.1) is 0 Å². The monoisotopic (exact) mass is 466 g/mol. The molecular formula is C24H29F3N2O2S. The third kappa shape index (κ3) is 5.71. The molecule has 4 rings (SSSR count). The van der Waals surface area contributed by atoms with Crippen molar-refractivity contribution in [1.29, 1.82) is 0 Å². The average molecular weight is 467 g/mol. The zero-order valence-electron chi connectivity index (χ0n) is 18.2. The van der Waals surface area contributed by atoms with E-state index in [0.717, 1.165) is 43.6 Å². The molecular weight excluding hydrogens is 437 g/mol. The summed E-state index contributed by atoms with van der Waals surface area (Å²) in [5.41, 5.74) is 1.38. The number of ether oxygens (including phenoxy) is 2. The minimum absolute atomic E-state index is 0.0699. The summed E-state index contributed by atoms with van der Waals surface area (Å²) in [6.45, 7) is 4.11. The van der Waals surface area contributed by atoms with Crippen LogP contribution >= 0.6 is 11.8 Å². The minimum Gasteiger partial charge on any atom is -0.490 e. The number of aryl methyl sites for hydroxylation is 1. The first-order chi connectivity index (χ1) is 15.4. The first kappa shape index (κ1) is 23.3. The first-order valence-corrected chi connectivity index (χ1v) is 12.0. The van der Waals surface area contributed by atoms with Gasteiger partial charge in [-0.2, -0.15) is 13.2 Å². The van der Waals surface area contributed by atoms with Crippen molar-refractivity contribution in [2.75, 3.05) is 57.1 Å². The first-order valence-electron chi connectivity index (χ1n) is 11.0. The van der Waals surface area contributed by atoms with Crippen LogP contribution < -0.4 is 9.64 Å². The van der Waals surface area contributed by atoms with Gasteiger partial charge in [0.15, 0.2) is 0 Å². The molecule has 0 bridgehead atoms. The van der Waals surface area contributed by atoms with Crippen molar-refractivity contribution >= 4 is 17.4 Å². The second-order valence-electron chi connectivity index (χ2n) is 8.20. The Morgan fingerprint density at radius 2 is 1.84 bits per heavy atom. The van der Waals surface area contributed by atoms with Gasteiger partial charge in [0.25, 0.3) is 0 Å². The molecule has 1 unspecified atom stereocenters. The highest BCUT2D eigenvalue weighted by atomic mass is 32.2. The second kappa shape index (κ2) is 10.4. The zero-order chi connectivity index (χ0) is 22.6. The molecule has 2 aliphatic heterocycles. The maximum Gasteiger partial charge on any atom is 0.416 e. The Morgan fingerprint density at radius 3 is 2.59 bits per heavy atom. The van der Waals surface area contributed by atoms with E-state index in [1.54, 1.807) is 13.2 Å². The van der Waals surface area contributed by atoms with Gasteiger partial charge in [-0.05, 0) is 48.4 Å². The predicted octanol–water partition coefficient (Wildman–Crippen LogP) is 4.96. The molecule has 1 fully saturated rings. The molecule has 0 aromatic heterocycles. The molecule has 2 heterocycles. The standard InChI is InChI=1S/C24H29F3N2O2S/c1-30-21(17-31-22-9-2-5-18-6-4-14-32-23(18)22)16-28-10-12-29(13-11-28)20-8-3-7-19(15-20)24(25,26)27/h2-3,5,7-9,15,21H,4,6,10-14,16-17H2,1H3. The fraction of sp³-hybridized carbons (Fsp3) is 0.500. The van der Waals surface area contributed by atoms with E-state index in [1.807, 2.05) is 22.7 Å². The molecule has 2 aromatic carbocycles. The van der Waals surface area contributed by atoms with Gasteiger partial charge in [0, 0.05) is 45.5 Å². The molecule has 2 aromatic rings. The predicted molar refractivity (Wildman–Crippen MR) is 122 cm³/mol. The Kier molecular flexibility index (Phi) is 7.53. The van der Waals surface area contributed by atoms with Crippen molar-refractivity contribution < 1.29 is 22.6 Å². The Bertz CT molecular complexity index is 901. The van der Waals surface area contributed by atoms with Gasteiger partial charge < -0.3 is 14.4 Å². The van der Waals surface area contributed by atoms with Gasteiger partial charge in [0.2, 0.25) is 0 Å². The largest absolute Gasteiger partial charge is 0.490 e. The third-order valence-electron chi connectivity index (χ3n) is 6.03. The van der Waals surface area contributed by atoms with E-state index in [9.17, 15) is 13.2 Å². The van der Waals surface area contributed by atoms with E-state index >= 15 is 0 Å². The van der Waals surface area contributed by atoms with Crippen molar-refractivity contribution in [3.05, 3.63) is 53.6 Å². The number of methoxy groups -OCH3 is 1. The summed E-state index contributed by atoms with van der Waals surface area (Å²) in [6.07, 6.45) is -2.09. The number of benzene rings is 2. The lowest BCUT2D eigenvalue weighted by atomic mass is 10.1. The number of piperazine rings is 1. The van der Waals surface area contributed by atoms with Gasteiger partial charge in [0.1, 0.15) is 18.5 Å². The topological polar surface area (TPSA) is 24.9 Å². The lowest BCUT2D eigenvalue weighted by Gasteiger charge is -2.37. The van der Waals surface area contributed by atoms with Crippen LogP contribution in [0.25, 0.3) is 0 Å². The molecule has 0 saturated carbocycles. The molecule has 0 aliphatic carbocycles. The van der Waals surface area contributed by atoms with Crippen molar-refractivity contribution in [2.24, 2.45) is 0 Å². The van der Waals surface area contributed by atoms with Crippen molar-refractivity contribution in [2.45, 2.75) is 30.0 Å². The van der Waals surface area contributed by atoms with Crippen LogP contribution in [-0.2, 0) is 17.3 Å². The van der Waals surface area contributed by atoms with E-state index in [4.69, 9.17) is 9.47 Å². The molecule has 0 spiro atoms. The van der Waals surface area contributed by atoms with Crippen LogP contribution in [0.5, 0.6) is 5.75 Å². The molecule has 0 N–H and O–H groups in total. The summed E-state index contributed by atoms with van der Waals surface area (Å²) >= 11 is 1.86. The van der Waals surface area contributed by atoms with Crippen LogP contribution in [0.2, 0.25) is 0 Å². The van der Waals surface area contributed by atoms with Crippen LogP contribution in [0.1, 0.15) is 17.5 Å². The highest BCUT2D eigenvalue weighted by molar-refractivity contribution is 7.99. The fourth-order valence-corrected chi connectivity index (χ4v) is 5.32. The Morgan fingerprint density at radius 1 is 1.06 bits per heavy atom. The van der Waals surface area contributed by atoms with Crippen molar-refractivity contribution in [1.82, 2.24) is 4.90 Å². The van der Waals surface area contributed by atoms with Crippen molar-refractivity contribution in [3.8, 4) is 5.75 Å². The van der Waals surface area contributed by atoms with Crippen LogP contribution in [0.3, 0.4) is 0 Å². The fourth-order valence-electron chi connectivity index (χ4n) is 4.21. The molecule has 1 saturated heterocycles. The summed E-state index contributed by atoms with van der Waals surface area (Å²) in [5, 5.41) is 0. The lowest BCUT2D eigenvalue weighted by Crippen LogP contribution is -2.49. The quantitative estimate of drug-likeness (QED) is 0.575. The van der Waals surface area contributed by atoms with E-state index in [-0.39, 0.29) is 6.10 Å². The molecule has 0 radical (unpaired) electrons. The molecule has 1 atom stereocenters. The smallest absolute Gasteiger partial charge is 0.416 e. The lowest BCUT2D eigenvalue weighted by molar-refractivity contribution is -0.137. The number of fused-ring (bicyclic) bond motifs is 1. The molecule has 2 aliphatic rings.